The number of methoxy groups -OCH3 is 1. The highest BCUT2D eigenvalue weighted by atomic mass is 16.5. The third kappa shape index (κ3) is 3.87. The molecule has 3 heteroatoms. The van der Waals surface area contributed by atoms with Crippen molar-refractivity contribution in [1.29, 1.82) is 0 Å². The topological polar surface area (TPSA) is 33.9 Å². The van der Waals surface area contributed by atoms with Crippen LogP contribution in [0.25, 0.3) is 6.08 Å². The van der Waals surface area contributed by atoms with Crippen molar-refractivity contribution in [3.8, 4) is 5.75 Å². The van der Waals surface area contributed by atoms with Gasteiger partial charge in [-0.05, 0) is 36.6 Å². The average Bonchev–Trinajstić information content (AvgIpc) is 2.74. The van der Waals surface area contributed by atoms with Crippen molar-refractivity contribution in [3.63, 3.8) is 0 Å². The number of hydrogen-bond acceptors (Lipinski definition) is 2. The van der Waals surface area contributed by atoms with Crippen LogP contribution in [-0.4, -0.2) is 30.9 Å². The second-order valence-electron chi connectivity index (χ2n) is 8.35. The average molecular weight is 379 g/mol. The van der Waals surface area contributed by atoms with Gasteiger partial charge >= 0.3 is 0 Å². The van der Waals surface area contributed by atoms with E-state index in [-0.39, 0.29) is 6.04 Å². The number of rotatable bonds is 5. The molecule has 1 aliphatic heterocycles. The molecule has 28 heavy (non-hydrogen) atoms. The van der Waals surface area contributed by atoms with Crippen LogP contribution in [0.2, 0.25) is 0 Å². The molecular formula is C25H32NO2+. The van der Waals surface area contributed by atoms with E-state index in [9.17, 15) is 5.11 Å². The second-order valence-corrected chi connectivity index (χ2v) is 8.35. The molecule has 2 aromatic rings. The molecule has 148 valence electrons. The van der Waals surface area contributed by atoms with Gasteiger partial charge in [-0.1, -0.05) is 61.4 Å². The van der Waals surface area contributed by atoms with Gasteiger partial charge in [0.25, 0.3) is 0 Å². The SMILES string of the molecule is COc1ccccc1[C@@H]1[C@@H]2CCCC[C@@]2(O)CC[NH+]1C/C=C/c1ccccc1. The van der Waals surface area contributed by atoms with Gasteiger partial charge in [-0.25, -0.2) is 0 Å². The van der Waals surface area contributed by atoms with Crippen molar-refractivity contribution in [1.82, 2.24) is 0 Å². The zero-order chi connectivity index (χ0) is 19.4. The van der Waals surface area contributed by atoms with Gasteiger partial charge in [-0.2, -0.15) is 0 Å². The Morgan fingerprint density at radius 1 is 1.07 bits per heavy atom. The summed E-state index contributed by atoms with van der Waals surface area (Å²) in [6, 6.07) is 19.2. The minimum atomic E-state index is -0.517. The maximum atomic E-state index is 11.4. The first kappa shape index (κ1) is 19.2. The lowest BCUT2D eigenvalue weighted by Gasteiger charge is -2.50. The quantitative estimate of drug-likeness (QED) is 0.833. The minimum absolute atomic E-state index is 0.274. The van der Waals surface area contributed by atoms with Crippen molar-refractivity contribution in [2.75, 3.05) is 20.2 Å². The predicted octanol–water partition coefficient (Wildman–Crippen LogP) is 3.66. The summed E-state index contributed by atoms with van der Waals surface area (Å²) in [4.78, 5) is 1.54. The molecule has 1 aliphatic carbocycles. The fraction of sp³-hybridized carbons (Fsp3) is 0.440. The lowest BCUT2D eigenvalue weighted by molar-refractivity contribution is -0.939. The summed E-state index contributed by atoms with van der Waals surface area (Å²) in [7, 11) is 1.75. The van der Waals surface area contributed by atoms with E-state index in [0.29, 0.717) is 5.92 Å². The van der Waals surface area contributed by atoms with Crippen LogP contribution in [0.3, 0.4) is 0 Å². The molecule has 0 spiro atoms. The molecular weight excluding hydrogens is 346 g/mol. The summed E-state index contributed by atoms with van der Waals surface area (Å²) in [5.74, 6) is 1.25. The molecule has 4 rings (SSSR count). The summed E-state index contributed by atoms with van der Waals surface area (Å²) in [6.45, 7) is 1.96. The Morgan fingerprint density at radius 3 is 2.68 bits per heavy atom. The Morgan fingerprint density at radius 2 is 1.86 bits per heavy atom. The van der Waals surface area contributed by atoms with E-state index in [1.54, 1.807) is 7.11 Å². The van der Waals surface area contributed by atoms with Crippen molar-refractivity contribution < 1.29 is 14.7 Å². The first-order chi connectivity index (χ1) is 13.7. The highest BCUT2D eigenvalue weighted by molar-refractivity contribution is 5.48. The number of hydrogen-bond donors (Lipinski definition) is 2. The predicted molar refractivity (Wildman–Crippen MR) is 113 cm³/mol. The molecule has 2 fully saturated rings. The molecule has 4 atom stereocenters. The Hall–Kier alpha value is -2.10. The first-order valence-corrected chi connectivity index (χ1v) is 10.6. The summed E-state index contributed by atoms with van der Waals surface area (Å²) in [5, 5.41) is 11.4. The lowest BCUT2D eigenvalue weighted by Crippen LogP contribution is -3.14. The molecule has 2 N–H and O–H groups in total. The standard InChI is InChI=1S/C25H31NO2/c1-28-23-15-6-5-13-21(23)24-22-14-7-8-16-25(22,27)17-19-26(24)18-9-12-20-10-3-2-4-11-20/h2-6,9-13,15,22,24,27H,7-8,14,16-19H2,1H3/p+1/b12-9+/t22-,24+,25+/m0/s1. The summed E-state index contributed by atoms with van der Waals surface area (Å²) < 4.78 is 5.72. The molecule has 1 saturated heterocycles. The molecule has 0 bridgehead atoms. The monoisotopic (exact) mass is 378 g/mol. The highest BCUT2D eigenvalue weighted by Gasteiger charge is 2.51. The summed E-state index contributed by atoms with van der Waals surface area (Å²) in [5.41, 5.74) is 1.97. The van der Waals surface area contributed by atoms with E-state index in [0.717, 1.165) is 44.5 Å². The van der Waals surface area contributed by atoms with E-state index in [1.165, 1.54) is 22.4 Å². The van der Waals surface area contributed by atoms with Crippen LogP contribution >= 0.6 is 0 Å². The van der Waals surface area contributed by atoms with Gasteiger partial charge in [0.2, 0.25) is 0 Å². The van der Waals surface area contributed by atoms with E-state index in [1.807, 2.05) is 6.07 Å². The molecule has 0 aromatic heterocycles. The van der Waals surface area contributed by atoms with Gasteiger partial charge in [0, 0.05) is 12.3 Å². The second kappa shape index (κ2) is 8.50. The van der Waals surface area contributed by atoms with Gasteiger partial charge in [-0.3, -0.25) is 0 Å². The van der Waals surface area contributed by atoms with Crippen molar-refractivity contribution >= 4 is 6.08 Å². The van der Waals surface area contributed by atoms with E-state index in [4.69, 9.17) is 4.74 Å². The molecule has 1 unspecified atom stereocenters. The number of benzene rings is 2. The third-order valence-corrected chi connectivity index (χ3v) is 6.75. The van der Waals surface area contributed by atoms with Crippen LogP contribution in [0.5, 0.6) is 5.75 Å². The smallest absolute Gasteiger partial charge is 0.128 e. The number of para-hydroxylation sites is 1. The van der Waals surface area contributed by atoms with Crippen molar-refractivity contribution in [3.05, 3.63) is 71.8 Å². The third-order valence-electron chi connectivity index (χ3n) is 6.75. The van der Waals surface area contributed by atoms with Gasteiger partial charge in [0.1, 0.15) is 11.8 Å². The Bertz CT molecular complexity index is 803. The molecule has 0 amide bonds. The van der Waals surface area contributed by atoms with Crippen LogP contribution < -0.4 is 9.64 Å². The molecule has 1 saturated carbocycles. The summed E-state index contributed by atoms with van der Waals surface area (Å²) >= 11 is 0. The van der Waals surface area contributed by atoms with Crippen molar-refractivity contribution in [2.45, 2.75) is 43.7 Å². The summed E-state index contributed by atoms with van der Waals surface area (Å²) in [6.07, 6.45) is 9.81. The number of piperidine rings is 1. The number of nitrogens with one attached hydrogen (secondary N) is 1. The largest absolute Gasteiger partial charge is 0.496 e. The van der Waals surface area contributed by atoms with Crippen LogP contribution in [0.15, 0.2) is 60.7 Å². The zero-order valence-electron chi connectivity index (χ0n) is 16.8. The van der Waals surface area contributed by atoms with Crippen LogP contribution in [0, 0.1) is 5.92 Å². The lowest BCUT2D eigenvalue weighted by atomic mass is 9.66. The normalized spacial score (nSPS) is 30.1. The maximum Gasteiger partial charge on any atom is 0.128 e. The molecule has 1 heterocycles. The van der Waals surface area contributed by atoms with Crippen LogP contribution in [0.4, 0.5) is 0 Å². The Labute approximate surface area is 168 Å². The van der Waals surface area contributed by atoms with E-state index in [2.05, 4.69) is 60.7 Å². The Balaban J connectivity index is 1.63. The number of likely N-dealkylation sites (tertiary alicyclic amines) is 1. The number of aliphatic hydroxyl groups is 1. The van der Waals surface area contributed by atoms with E-state index >= 15 is 0 Å². The molecule has 0 radical (unpaired) electrons. The molecule has 2 aliphatic rings. The number of fused-ring (bicyclic) bond motifs is 1. The van der Waals surface area contributed by atoms with Crippen molar-refractivity contribution in [2.24, 2.45) is 5.92 Å². The zero-order valence-corrected chi connectivity index (χ0v) is 16.8. The molecule has 2 aromatic carbocycles. The van der Waals surface area contributed by atoms with Crippen LogP contribution in [-0.2, 0) is 0 Å². The van der Waals surface area contributed by atoms with Gasteiger partial charge in [-0.15, -0.1) is 0 Å². The highest BCUT2D eigenvalue weighted by Crippen LogP contribution is 2.45. The molecule has 3 nitrogen and oxygen atoms in total. The fourth-order valence-electron chi connectivity index (χ4n) is 5.35. The van der Waals surface area contributed by atoms with Gasteiger partial charge < -0.3 is 14.7 Å². The number of quaternary nitrogens is 1. The first-order valence-electron chi connectivity index (χ1n) is 10.6. The van der Waals surface area contributed by atoms with E-state index < -0.39 is 5.60 Å². The minimum Gasteiger partial charge on any atom is -0.496 e. The Kier molecular flexibility index (Phi) is 5.84. The van der Waals surface area contributed by atoms with Gasteiger partial charge in [0.15, 0.2) is 0 Å². The van der Waals surface area contributed by atoms with Crippen LogP contribution in [0.1, 0.15) is 49.3 Å². The number of ether oxygens (including phenoxy) is 1. The van der Waals surface area contributed by atoms with Gasteiger partial charge in [0.05, 0.1) is 31.4 Å². The fourth-order valence-corrected chi connectivity index (χ4v) is 5.35. The maximum absolute atomic E-state index is 11.4.